The number of thioether (sulfide) groups is 1. The van der Waals surface area contributed by atoms with E-state index >= 15 is 0 Å². The Morgan fingerprint density at radius 1 is 1.00 bits per heavy atom. The first kappa shape index (κ1) is 21.8. The molecule has 0 spiro atoms. The SMILES string of the molecule is Cc1nnc(SCc2c(C(=O)NNC(=O)c3n[nH]c(=O)c4ccccc34)oc3ccccc23)s1. The highest BCUT2D eigenvalue weighted by atomic mass is 32.2. The van der Waals surface area contributed by atoms with E-state index in [-0.39, 0.29) is 11.5 Å². The van der Waals surface area contributed by atoms with Crippen molar-refractivity contribution >= 4 is 56.7 Å². The largest absolute Gasteiger partial charge is 0.451 e. The van der Waals surface area contributed by atoms with Crippen LogP contribution in [-0.2, 0) is 5.75 Å². The van der Waals surface area contributed by atoms with Crippen LogP contribution in [0.25, 0.3) is 21.7 Å². The molecule has 0 saturated carbocycles. The van der Waals surface area contributed by atoms with Crippen LogP contribution < -0.4 is 16.4 Å². The lowest BCUT2D eigenvalue weighted by molar-refractivity contribution is 0.0829. The summed E-state index contributed by atoms with van der Waals surface area (Å²) in [6.45, 7) is 1.87. The number of nitrogens with zero attached hydrogens (tertiary/aromatic N) is 3. The molecule has 3 aromatic heterocycles. The number of aromatic amines is 1. The molecule has 0 aliphatic carbocycles. The number of fused-ring (bicyclic) bond motifs is 2. The fourth-order valence-corrected chi connectivity index (χ4v) is 5.26. The van der Waals surface area contributed by atoms with Crippen molar-refractivity contribution in [2.45, 2.75) is 17.0 Å². The predicted molar refractivity (Wildman–Crippen MR) is 128 cm³/mol. The van der Waals surface area contributed by atoms with E-state index in [9.17, 15) is 14.4 Å². The Labute approximate surface area is 199 Å². The molecule has 2 aromatic carbocycles. The van der Waals surface area contributed by atoms with Crippen LogP contribution >= 0.6 is 23.1 Å². The van der Waals surface area contributed by atoms with Gasteiger partial charge in [-0.3, -0.25) is 25.2 Å². The number of benzene rings is 2. The van der Waals surface area contributed by atoms with Gasteiger partial charge in [-0.1, -0.05) is 59.5 Å². The van der Waals surface area contributed by atoms with Crippen LogP contribution in [0.3, 0.4) is 0 Å². The number of hydrazine groups is 1. The molecular formula is C22H16N6O4S2. The maximum absolute atomic E-state index is 13.0. The molecule has 0 aliphatic rings. The lowest BCUT2D eigenvalue weighted by atomic mass is 10.1. The molecule has 12 heteroatoms. The van der Waals surface area contributed by atoms with Gasteiger partial charge in [-0.05, 0) is 19.1 Å². The lowest BCUT2D eigenvalue weighted by Crippen LogP contribution is -2.42. The minimum absolute atomic E-state index is 0.0254. The third-order valence-electron chi connectivity index (χ3n) is 4.95. The Morgan fingerprint density at radius 2 is 1.71 bits per heavy atom. The maximum Gasteiger partial charge on any atom is 0.305 e. The zero-order chi connectivity index (χ0) is 23.7. The average Bonchev–Trinajstić information content (AvgIpc) is 3.44. The molecule has 0 saturated heterocycles. The lowest BCUT2D eigenvalue weighted by Gasteiger charge is -2.08. The Hall–Kier alpha value is -4.03. The predicted octanol–water partition coefficient (Wildman–Crippen LogP) is 3.20. The van der Waals surface area contributed by atoms with Crippen LogP contribution in [0.4, 0.5) is 0 Å². The molecular weight excluding hydrogens is 476 g/mol. The van der Waals surface area contributed by atoms with Gasteiger partial charge in [0, 0.05) is 22.1 Å². The molecule has 10 nitrogen and oxygen atoms in total. The van der Waals surface area contributed by atoms with Gasteiger partial charge in [0.1, 0.15) is 10.6 Å². The van der Waals surface area contributed by atoms with Gasteiger partial charge in [0.05, 0.1) is 5.39 Å². The van der Waals surface area contributed by atoms with Crippen molar-refractivity contribution in [3.63, 3.8) is 0 Å². The monoisotopic (exact) mass is 492 g/mol. The van der Waals surface area contributed by atoms with Gasteiger partial charge < -0.3 is 4.42 Å². The van der Waals surface area contributed by atoms with E-state index in [1.807, 2.05) is 25.1 Å². The van der Waals surface area contributed by atoms with E-state index in [0.29, 0.717) is 27.7 Å². The van der Waals surface area contributed by atoms with E-state index in [4.69, 9.17) is 4.42 Å². The second-order valence-electron chi connectivity index (χ2n) is 7.14. The van der Waals surface area contributed by atoms with Crippen molar-refractivity contribution in [2.24, 2.45) is 0 Å². The number of carbonyl (C=O) groups is 2. The summed E-state index contributed by atoms with van der Waals surface area (Å²) in [6, 6.07) is 13.9. The van der Waals surface area contributed by atoms with Gasteiger partial charge >= 0.3 is 5.91 Å². The number of aryl methyl sites for hydroxylation is 1. The third kappa shape index (κ3) is 4.16. The van der Waals surface area contributed by atoms with Crippen molar-refractivity contribution < 1.29 is 14.0 Å². The standard InChI is InChI=1S/C22H16N6O4S2/c1-11-23-28-22(34-11)33-10-15-12-6-4-5-9-16(12)32-18(15)21(31)27-26-20(30)17-13-7-2-3-8-14(13)19(29)25-24-17/h2-9H,10H2,1H3,(H,25,29)(H,26,30)(H,27,31). The quantitative estimate of drug-likeness (QED) is 0.251. The normalized spacial score (nSPS) is 11.1. The molecule has 3 heterocycles. The molecule has 0 fully saturated rings. The highest BCUT2D eigenvalue weighted by Gasteiger charge is 2.22. The van der Waals surface area contributed by atoms with Crippen molar-refractivity contribution in [2.75, 3.05) is 0 Å². The number of rotatable bonds is 5. The summed E-state index contributed by atoms with van der Waals surface area (Å²) in [5.74, 6) is -0.803. The minimum Gasteiger partial charge on any atom is -0.451 e. The maximum atomic E-state index is 13.0. The third-order valence-corrected chi connectivity index (χ3v) is 6.95. The van der Waals surface area contributed by atoms with Crippen LogP contribution in [0.15, 0.2) is 62.1 Å². The number of hydrogen-bond acceptors (Lipinski definition) is 9. The fraction of sp³-hybridized carbons (Fsp3) is 0.0909. The molecule has 0 atom stereocenters. The zero-order valence-electron chi connectivity index (χ0n) is 17.6. The van der Waals surface area contributed by atoms with Gasteiger partial charge in [0.15, 0.2) is 15.8 Å². The number of aromatic nitrogens is 4. The molecule has 2 amide bonds. The second kappa shape index (κ2) is 9.08. The highest BCUT2D eigenvalue weighted by molar-refractivity contribution is 8.00. The van der Waals surface area contributed by atoms with Crippen molar-refractivity contribution in [3.05, 3.63) is 80.9 Å². The molecule has 170 valence electrons. The van der Waals surface area contributed by atoms with Crippen LogP contribution in [0, 0.1) is 6.92 Å². The summed E-state index contributed by atoms with van der Waals surface area (Å²) >= 11 is 2.91. The second-order valence-corrected chi connectivity index (χ2v) is 9.54. The van der Waals surface area contributed by atoms with E-state index in [1.54, 1.807) is 30.3 Å². The Bertz CT molecular complexity index is 1610. The number of hydrogen-bond donors (Lipinski definition) is 3. The van der Waals surface area contributed by atoms with Gasteiger partial charge in [0.2, 0.25) is 0 Å². The molecule has 34 heavy (non-hydrogen) atoms. The number of amides is 2. The van der Waals surface area contributed by atoms with Crippen LogP contribution in [0.5, 0.6) is 0 Å². The molecule has 5 rings (SSSR count). The van der Waals surface area contributed by atoms with E-state index < -0.39 is 17.4 Å². The summed E-state index contributed by atoms with van der Waals surface area (Å²) in [7, 11) is 0. The van der Waals surface area contributed by atoms with E-state index in [2.05, 4.69) is 31.2 Å². The molecule has 0 aliphatic heterocycles. The number of nitrogens with one attached hydrogen (secondary N) is 3. The van der Waals surface area contributed by atoms with Crippen molar-refractivity contribution in [3.8, 4) is 0 Å². The summed E-state index contributed by atoms with van der Waals surface area (Å²) in [5, 5.41) is 16.6. The Morgan fingerprint density at radius 3 is 2.47 bits per heavy atom. The Kier molecular flexibility index (Phi) is 5.82. The summed E-state index contributed by atoms with van der Waals surface area (Å²) in [6.07, 6.45) is 0. The highest BCUT2D eigenvalue weighted by Crippen LogP contribution is 2.33. The first-order valence-corrected chi connectivity index (χ1v) is 11.8. The molecule has 0 radical (unpaired) electrons. The first-order chi connectivity index (χ1) is 16.5. The van der Waals surface area contributed by atoms with Crippen molar-refractivity contribution in [1.29, 1.82) is 0 Å². The van der Waals surface area contributed by atoms with Gasteiger partial charge in [-0.25, -0.2) is 5.10 Å². The molecule has 0 unspecified atom stereocenters. The van der Waals surface area contributed by atoms with Crippen molar-refractivity contribution in [1.82, 2.24) is 31.2 Å². The zero-order valence-corrected chi connectivity index (χ0v) is 19.3. The molecule has 3 N–H and O–H groups in total. The van der Waals surface area contributed by atoms with Gasteiger partial charge in [-0.15, -0.1) is 10.2 Å². The van der Waals surface area contributed by atoms with Crippen LogP contribution in [-0.4, -0.2) is 32.2 Å². The summed E-state index contributed by atoms with van der Waals surface area (Å²) in [5.41, 5.74) is 5.52. The molecule has 0 bridgehead atoms. The minimum atomic E-state index is -0.683. The fourth-order valence-electron chi connectivity index (χ4n) is 3.41. The summed E-state index contributed by atoms with van der Waals surface area (Å²) in [4.78, 5) is 37.6. The van der Waals surface area contributed by atoms with E-state index in [1.165, 1.54) is 23.1 Å². The van der Waals surface area contributed by atoms with Gasteiger partial charge in [0.25, 0.3) is 11.5 Å². The first-order valence-electron chi connectivity index (χ1n) is 10.0. The number of furan rings is 1. The average molecular weight is 493 g/mol. The van der Waals surface area contributed by atoms with Gasteiger partial charge in [-0.2, -0.15) is 5.10 Å². The topological polar surface area (TPSA) is 143 Å². The van der Waals surface area contributed by atoms with E-state index in [0.717, 1.165) is 14.7 Å². The number of para-hydroxylation sites is 1. The molecule has 5 aromatic rings. The smallest absolute Gasteiger partial charge is 0.305 e. The Balaban J connectivity index is 1.38. The van der Waals surface area contributed by atoms with Crippen LogP contribution in [0.2, 0.25) is 0 Å². The number of carbonyl (C=O) groups excluding carboxylic acids is 2. The summed E-state index contributed by atoms with van der Waals surface area (Å²) < 4.78 is 6.58. The number of H-pyrrole nitrogens is 1. The van der Waals surface area contributed by atoms with Crippen LogP contribution in [0.1, 0.15) is 31.6 Å².